The minimum Gasteiger partial charge on any atom is -0.508 e. The molecule has 0 spiro atoms. The van der Waals surface area contributed by atoms with E-state index in [1.54, 1.807) is 30.3 Å². The van der Waals surface area contributed by atoms with Crippen LogP contribution in [0, 0.1) is 0 Å². The van der Waals surface area contributed by atoms with Gasteiger partial charge in [-0.25, -0.2) is 4.79 Å². The Balaban J connectivity index is 1.72. The maximum absolute atomic E-state index is 12.6. The molecule has 1 atom stereocenters. The Bertz CT molecular complexity index is 1220. The molecule has 3 aromatic carbocycles. The average molecular weight is 468 g/mol. The van der Waals surface area contributed by atoms with Crippen LogP contribution in [0.5, 0.6) is 23.0 Å². The summed E-state index contributed by atoms with van der Waals surface area (Å²) in [5.74, 6) is 0.0885. The van der Waals surface area contributed by atoms with Crippen LogP contribution < -0.4 is 19.9 Å². The van der Waals surface area contributed by atoms with Gasteiger partial charge in [-0.2, -0.15) is 0 Å². The predicted molar refractivity (Wildman–Crippen MR) is 123 cm³/mol. The third-order valence-electron chi connectivity index (χ3n) is 5.32. The van der Waals surface area contributed by atoms with E-state index in [9.17, 15) is 9.90 Å². The third kappa shape index (κ3) is 4.54. The molecule has 3 aromatic rings. The number of hydrogen-bond acceptors (Lipinski definition) is 7. The molecular weight excluding hydrogens is 446 g/mol. The zero-order valence-electron chi connectivity index (χ0n) is 18.0. The first-order chi connectivity index (χ1) is 15.9. The number of benzene rings is 3. The average Bonchev–Trinajstić information content (AvgIpc) is 2.82. The zero-order valence-corrected chi connectivity index (χ0v) is 18.8. The predicted octanol–water partition coefficient (Wildman–Crippen LogP) is 4.50. The van der Waals surface area contributed by atoms with E-state index in [1.807, 2.05) is 18.2 Å². The summed E-state index contributed by atoms with van der Waals surface area (Å²) in [6.45, 7) is 0.326. The van der Waals surface area contributed by atoms with Crippen LogP contribution in [0.25, 0.3) is 0 Å². The Hall–Kier alpha value is -3.84. The van der Waals surface area contributed by atoms with E-state index in [0.29, 0.717) is 40.0 Å². The molecule has 3 N–H and O–H groups in total. The first-order valence-electron chi connectivity index (χ1n) is 10.0. The number of nitrogens with two attached hydrogens (primary N) is 1. The number of hydrogen-bond donors (Lipinski definition) is 2. The van der Waals surface area contributed by atoms with E-state index in [-0.39, 0.29) is 17.2 Å². The second-order valence-corrected chi connectivity index (χ2v) is 7.79. The molecule has 0 aliphatic carbocycles. The third-order valence-corrected chi connectivity index (χ3v) is 5.57. The molecular formula is C25H22ClNO6. The van der Waals surface area contributed by atoms with Gasteiger partial charge >= 0.3 is 5.97 Å². The Morgan fingerprint density at radius 1 is 1.06 bits per heavy atom. The van der Waals surface area contributed by atoms with Crippen molar-refractivity contribution in [1.82, 2.24) is 0 Å². The number of fused-ring (bicyclic) bond motifs is 1. The molecule has 0 fully saturated rings. The van der Waals surface area contributed by atoms with Gasteiger partial charge in [-0.3, -0.25) is 0 Å². The molecule has 1 aliphatic rings. The number of phenolic OH excluding ortho intramolecular Hbond substituents is 1. The van der Waals surface area contributed by atoms with Crippen LogP contribution in [0.2, 0.25) is 5.02 Å². The van der Waals surface area contributed by atoms with E-state index < -0.39 is 11.9 Å². The van der Waals surface area contributed by atoms with Crippen LogP contribution in [-0.4, -0.2) is 25.3 Å². The normalized spacial score (nSPS) is 14.8. The van der Waals surface area contributed by atoms with Crippen molar-refractivity contribution in [3.8, 4) is 23.0 Å². The molecule has 7 nitrogen and oxygen atoms in total. The summed E-state index contributed by atoms with van der Waals surface area (Å²) in [6, 6.07) is 17.4. The van der Waals surface area contributed by atoms with Crippen molar-refractivity contribution in [3.05, 3.63) is 93.8 Å². The minimum atomic E-state index is -0.613. The topological polar surface area (TPSA) is 100 Å². The maximum Gasteiger partial charge on any atom is 0.340 e. The van der Waals surface area contributed by atoms with Crippen molar-refractivity contribution in [1.29, 1.82) is 0 Å². The van der Waals surface area contributed by atoms with Gasteiger partial charge in [0.1, 0.15) is 23.7 Å². The quantitative estimate of drug-likeness (QED) is 0.515. The van der Waals surface area contributed by atoms with Gasteiger partial charge in [-0.15, -0.1) is 0 Å². The number of carbonyl (C=O) groups is 1. The first kappa shape index (κ1) is 22.4. The van der Waals surface area contributed by atoms with Crippen LogP contribution in [0.3, 0.4) is 0 Å². The highest BCUT2D eigenvalue weighted by molar-refractivity contribution is 6.30. The SMILES string of the molecule is COC(=O)C1=C(N)Oc2cc(O)ccc2[C@@H]1c1ccc(OCc2ccc(Cl)cc2)c(OC)c1. The summed E-state index contributed by atoms with van der Waals surface area (Å²) in [4.78, 5) is 12.6. The molecule has 0 aromatic heterocycles. The van der Waals surface area contributed by atoms with Gasteiger partial charge < -0.3 is 29.8 Å². The number of esters is 1. The second-order valence-electron chi connectivity index (χ2n) is 7.35. The maximum atomic E-state index is 12.6. The van der Waals surface area contributed by atoms with Gasteiger partial charge in [0.2, 0.25) is 5.88 Å². The Labute approximate surface area is 195 Å². The van der Waals surface area contributed by atoms with Crippen molar-refractivity contribution in [2.75, 3.05) is 14.2 Å². The van der Waals surface area contributed by atoms with Crippen LogP contribution in [0.1, 0.15) is 22.6 Å². The number of rotatable bonds is 6. The van der Waals surface area contributed by atoms with Gasteiger partial charge in [0, 0.05) is 16.7 Å². The van der Waals surface area contributed by atoms with Gasteiger partial charge in [-0.05, 0) is 41.5 Å². The smallest absolute Gasteiger partial charge is 0.340 e. The molecule has 170 valence electrons. The van der Waals surface area contributed by atoms with Crippen LogP contribution in [0.4, 0.5) is 0 Å². The van der Waals surface area contributed by atoms with Crippen molar-refractivity contribution >= 4 is 17.6 Å². The van der Waals surface area contributed by atoms with E-state index in [4.69, 9.17) is 36.3 Å². The van der Waals surface area contributed by atoms with Gasteiger partial charge in [0.05, 0.1) is 20.1 Å². The standard InChI is InChI=1S/C25H22ClNO6/c1-30-21-11-15(5-10-19(21)32-13-14-3-6-16(26)7-4-14)22-18-9-8-17(28)12-20(18)33-24(27)23(22)25(29)31-2/h3-12,22,28H,13,27H2,1-2H3/t22-/m0/s1. The van der Waals surface area contributed by atoms with Gasteiger partial charge in [-0.1, -0.05) is 35.9 Å². The summed E-state index contributed by atoms with van der Waals surface area (Å²) in [6.07, 6.45) is 0. The van der Waals surface area contributed by atoms with Crippen LogP contribution >= 0.6 is 11.6 Å². The molecule has 0 saturated heterocycles. The molecule has 33 heavy (non-hydrogen) atoms. The van der Waals surface area contributed by atoms with Crippen LogP contribution in [0.15, 0.2) is 72.1 Å². The van der Waals surface area contributed by atoms with Crippen molar-refractivity contribution in [2.24, 2.45) is 5.73 Å². The van der Waals surface area contributed by atoms with Crippen LogP contribution in [-0.2, 0) is 16.1 Å². The lowest BCUT2D eigenvalue weighted by Crippen LogP contribution is -2.27. The molecule has 0 bridgehead atoms. The van der Waals surface area contributed by atoms with E-state index in [0.717, 1.165) is 5.56 Å². The minimum absolute atomic E-state index is 0.0188. The second kappa shape index (κ2) is 9.34. The lowest BCUT2D eigenvalue weighted by molar-refractivity contribution is -0.136. The van der Waals surface area contributed by atoms with Crippen molar-refractivity contribution < 1.29 is 28.8 Å². The van der Waals surface area contributed by atoms with Gasteiger partial charge in [0.15, 0.2) is 11.5 Å². The Kier molecular flexibility index (Phi) is 6.33. The number of carbonyl (C=O) groups excluding carboxylic acids is 1. The number of halogens is 1. The van der Waals surface area contributed by atoms with E-state index in [2.05, 4.69) is 0 Å². The highest BCUT2D eigenvalue weighted by atomic mass is 35.5. The monoisotopic (exact) mass is 467 g/mol. The molecule has 8 heteroatoms. The fraction of sp³-hybridized carbons (Fsp3) is 0.160. The molecule has 0 saturated carbocycles. The molecule has 1 heterocycles. The van der Waals surface area contributed by atoms with E-state index >= 15 is 0 Å². The molecule has 0 radical (unpaired) electrons. The first-order valence-corrected chi connectivity index (χ1v) is 10.4. The Morgan fingerprint density at radius 3 is 2.52 bits per heavy atom. The van der Waals surface area contributed by atoms with Crippen molar-refractivity contribution in [3.63, 3.8) is 0 Å². The number of ether oxygens (including phenoxy) is 4. The number of aromatic hydroxyl groups is 1. The number of phenols is 1. The summed E-state index contributed by atoms with van der Waals surface area (Å²) in [7, 11) is 2.82. The summed E-state index contributed by atoms with van der Waals surface area (Å²) < 4.78 is 22.1. The highest BCUT2D eigenvalue weighted by Crippen LogP contribution is 2.45. The summed E-state index contributed by atoms with van der Waals surface area (Å²) >= 11 is 5.94. The number of methoxy groups -OCH3 is 2. The van der Waals surface area contributed by atoms with E-state index in [1.165, 1.54) is 26.4 Å². The summed E-state index contributed by atoms with van der Waals surface area (Å²) in [5, 5.41) is 10.5. The molecule has 4 rings (SSSR count). The molecule has 0 unspecified atom stereocenters. The lowest BCUT2D eigenvalue weighted by Gasteiger charge is -2.28. The molecule has 1 aliphatic heterocycles. The van der Waals surface area contributed by atoms with Gasteiger partial charge in [0.25, 0.3) is 0 Å². The Morgan fingerprint density at radius 2 is 1.82 bits per heavy atom. The fourth-order valence-electron chi connectivity index (χ4n) is 3.72. The highest BCUT2D eigenvalue weighted by Gasteiger charge is 2.36. The molecule has 0 amide bonds. The summed E-state index contributed by atoms with van der Waals surface area (Å²) in [5.41, 5.74) is 8.56. The zero-order chi connectivity index (χ0) is 23.5. The largest absolute Gasteiger partial charge is 0.508 e. The fourth-order valence-corrected chi connectivity index (χ4v) is 3.85. The van der Waals surface area contributed by atoms with Crippen molar-refractivity contribution in [2.45, 2.75) is 12.5 Å². The lowest BCUT2D eigenvalue weighted by atomic mass is 9.83.